The second-order valence-corrected chi connectivity index (χ2v) is 4.56. The number of hydrogen-bond donors (Lipinski definition) is 0. The van der Waals surface area contributed by atoms with Gasteiger partial charge in [-0.1, -0.05) is 15.9 Å². The molecule has 2 rings (SSSR count). The Morgan fingerprint density at radius 3 is 2.38 bits per heavy atom. The van der Waals surface area contributed by atoms with Gasteiger partial charge in [-0.05, 0) is 37.1 Å². The minimum atomic E-state index is -0.223. The highest BCUT2D eigenvalue weighted by molar-refractivity contribution is 9.09. The maximum atomic E-state index is 12.5. The van der Waals surface area contributed by atoms with E-state index in [0.29, 0.717) is 10.9 Å². The Morgan fingerprint density at radius 2 is 1.85 bits per heavy atom. The third kappa shape index (κ3) is 2.21. The Morgan fingerprint density at radius 1 is 1.23 bits per heavy atom. The lowest BCUT2D eigenvalue weighted by Crippen LogP contribution is -2.33. The summed E-state index contributed by atoms with van der Waals surface area (Å²) < 4.78 is 18.1. The summed E-state index contributed by atoms with van der Waals surface area (Å²) >= 11 is 3.49. The van der Waals surface area contributed by atoms with Crippen molar-refractivity contribution in [3.63, 3.8) is 0 Å². The van der Waals surface area contributed by atoms with Crippen molar-refractivity contribution in [2.45, 2.75) is 23.8 Å². The van der Waals surface area contributed by atoms with Gasteiger partial charge in [-0.15, -0.1) is 0 Å². The summed E-state index contributed by atoms with van der Waals surface area (Å²) in [5.74, 6) is 0.533. The van der Waals surface area contributed by atoms with E-state index in [1.54, 1.807) is 12.1 Å². The lowest BCUT2D eigenvalue weighted by Gasteiger charge is -2.31. The van der Waals surface area contributed by atoms with E-state index < -0.39 is 0 Å². The van der Waals surface area contributed by atoms with E-state index in [2.05, 4.69) is 15.9 Å². The van der Waals surface area contributed by atoms with Crippen molar-refractivity contribution in [2.75, 3.05) is 0 Å². The highest BCUT2D eigenvalue weighted by Gasteiger charge is 2.28. The summed E-state index contributed by atoms with van der Waals surface area (Å²) in [7, 11) is 0. The van der Waals surface area contributed by atoms with Crippen molar-refractivity contribution in [2.24, 2.45) is 0 Å². The summed E-state index contributed by atoms with van der Waals surface area (Å²) in [5, 5.41) is 0. The fourth-order valence-electron chi connectivity index (χ4n) is 1.30. The quantitative estimate of drug-likeness (QED) is 0.727. The summed E-state index contributed by atoms with van der Waals surface area (Å²) in [4.78, 5) is 0.595. The molecule has 3 heteroatoms. The molecular weight excluding hydrogens is 235 g/mol. The third-order valence-corrected chi connectivity index (χ3v) is 2.90. The van der Waals surface area contributed by atoms with Crippen molar-refractivity contribution in [1.82, 2.24) is 0 Å². The Balaban J connectivity index is 1.91. The number of hydrogen-bond acceptors (Lipinski definition) is 1. The molecule has 0 saturated heterocycles. The third-order valence-electron chi connectivity index (χ3n) is 2.15. The lowest BCUT2D eigenvalue weighted by atomic mass is 9.96. The van der Waals surface area contributed by atoms with Crippen LogP contribution in [-0.4, -0.2) is 10.9 Å². The van der Waals surface area contributed by atoms with Crippen LogP contribution >= 0.6 is 15.9 Å². The summed E-state index contributed by atoms with van der Waals surface area (Å²) in [6.45, 7) is 0. The smallest absolute Gasteiger partial charge is 0.123 e. The predicted octanol–water partition coefficient (Wildman–Crippen LogP) is 3.13. The highest BCUT2D eigenvalue weighted by atomic mass is 79.9. The van der Waals surface area contributed by atoms with Crippen LogP contribution in [0.25, 0.3) is 0 Å². The van der Waals surface area contributed by atoms with E-state index in [4.69, 9.17) is 4.74 Å². The first-order valence-corrected chi connectivity index (χ1v) is 5.22. The number of rotatable bonds is 2. The van der Waals surface area contributed by atoms with E-state index in [0.717, 1.165) is 18.6 Å². The second-order valence-electron chi connectivity index (χ2n) is 3.26. The van der Waals surface area contributed by atoms with Gasteiger partial charge in [0.15, 0.2) is 0 Å². The molecule has 0 bridgehead atoms. The SMILES string of the molecule is Fc1ccc(OC2CC(Br)C2)cc1. The van der Waals surface area contributed by atoms with Gasteiger partial charge in [0.1, 0.15) is 17.7 Å². The summed E-state index contributed by atoms with van der Waals surface area (Å²) in [5.41, 5.74) is 0. The maximum Gasteiger partial charge on any atom is 0.123 e. The fraction of sp³-hybridized carbons (Fsp3) is 0.400. The molecule has 70 valence electrons. The zero-order valence-corrected chi connectivity index (χ0v) is 8.63. The van der Waals surface area contributed by atoms with Crippen molar-refractivity contribution in [1.29, 1.82) is 0 Å². The molecule has 1 aliphatic carbocycles. The Hall–Kier alpha value is -0.570. The van der Waals surface area contributed by atoms with Crippen LogP contribution in [0.15, 0.2) is 24.3 Å². The van der Waals surface area contributed by atoms with Gasteiger partial charge < -0.3 is 4.74 Å². The van der Waals surface area contributed by atoms with Crippen LogP contribution in [0.1, 0.15) is 12.8 Å². The van der Waals surface area contributed by atoms with Gasteiger partial charge in [0.05, 0.1) is 0 Å². The molecule has 0 radical (unpaired) electrons. The standard InChI is InChI=1S/C10H10BrFO/c11-7-5-10(6-7)13-9-3-1-8(12)2-4-9/h1-4,7,10H,5-6H2. The number of alkyl halides is 1. The van der Waals surface area contributed by atoms with Crippen molar-refractivity contribution < 1.29 is 9.13 Å². The van der Waals surface area contributed by atoms with Crippen LogP contribution in [0.2, 0.25) is 0 Å². The van der Waals surface area contributed by atoms with Gasteiger partial charge in [0.2, 0.25) is 0 Å². The lowest BCUT2D eigenvalue weighted by molar-refractivity contribution is 0.128. The molecule has 0 heterocycles. The topological polar surface area (TPSA) is 9.23 Å². The minimum Gasteiger partial charge on any atom is -0.490 e. The first-order chi connectivity index (χ1) is 6.24. The summed E-state index contributed by atoms with van der Waals surface area (Å²) in [6, 6.07) is 6.16. The first-order valence-electron chi connectivity index (χ1n) is 4.30. The predicted molar refractivity (Wildman–Crippen MR) is 52.8 cm³/mol. The maximum absolute atomic E-state index is 12.5. The molecule has 1 aromatic rings. The molecule has 0 atom stereocenters. The van der Waals surface area contributed by atoms with Crippen LogP contribution in [0.3, 0.4) is 0 Å². The van der Waals surface area contributed by atoms with Crippen LogP contribution in [-0.2, 0) is 0 Å². The van der Waals surface area contributed by atoms with Crippen LogP contribution in [0, 0.1) is 5.82 Å². The van der Waals surface area contributed by atoms with Gasteiger partial charge >= 0.3 is 0 Å². The Labute approximate surface area is 85.0 Å². The van der Waals surface area contributed by atoms with E-state index in [-0.39, 0.29) is 5.82 Å². The van der Waals surface area contributed by atoms with Gasteiger partial charge in [-0.25, -0.2) is 4.39 Å². The zero-order valence-electron chi connectivity index (χ0n) is 7.04. The largest absolute Gasteiger partial charge is 0.490 e. The molecule has 0 spiro atoms. The molecule has 1 saturated carbocycles. The molecule has 1 aromatic carbocycles. The number of halogens is 2. The average molecular weight is 245 g/mol. The van der Waals surface area contributed by atoms with E-state index in [9.17, 15) is 4.39 Å². The van der Waals surface area contributed by atoms with Gasteiger partial charge in [-0.3, -0.25) is 0 Å². The molecule has 1 nitrogen and oxygen atoms in total. The molecule has 0 unspecified atom stereocenters. The van der Waals surface area contributed by atoms with Crippen molar-refractivity contribution in [3.05, 3.63) is 30.1 Å². The molecule has 1 fully saturated rings. The van der Waals surface area contributed by atoms with Gasteiger partial charge in [0.25, 0.3) is 0 Å². The molecule has 1 aliphatic rings. The van der Waals surface area contributed by atoms with E-state index in [1.807, 2.05) is 0 Å². The Kier molecular flexibility index (Phi) is 2.54. The first kappa shape index (κ1) is 9.00. The van der Waals surface area contributed by atoms with Crippen LogP contribution in [0.4, 0.5) is 4.39 Å². The molecule has 0 N–H and O–H groups in total. The molecule has 0 aliphatic heterocycles. The molecular formula is C10H10BrFO. The van der Waals surface area contributed by atoms with Crippen molar-refractivity contribution in [3.8, 4) is 5.75 Å². The molecule has 0 aromatic heterocycles. The van der Waals surface area contributed by atoms with Gasteiger partial charge in [0, 0.05) is 4.83 Å². The fourth-order valence-corrected chi connectivity index (χ4v) is 2.14. The zero-order chi connectivity index (χ0) is 9.26. The van der Waals surface area contributed by atoms with Crippen LogP contribution < -0.4 is 4.74 Å². The second kappa shape index (κ2) is 3.66. The van der Waals surface area contributed by atoms with E-state index >= 15 is 0 Å². The number of ether oxygens (including phenoxy) is 1. The highest BCUT2D eigenvalue weighted by Crippen LogP contribution is 2.30. The average Bonchev–Trinajstić information content (AvgIpc) is 2.06. The normalized spacial score (nSPS) is 26.6. The molecule has 13 heavy (non-hydrogen) atoms. The van der Waals surface area contributed by atoms with Gasteiger partial charge in [-0.2, -0.15) is 0 Å². The summed E-state index contributed by atoms with van der Waals surface area (Å²) in [6.07, 6.45) is 2.38. The Bertz CT molecular complexity index is 279. The number of benzene rings is 1. The minimum absolute atomic E-state index is 0.223. The van der Waals surface area contributed by atoms with Crippen molar-refractivity contribution >= 4 is 15.9 Å². The monoisotopic (exact) mass is 244 g/mol. The van der Waals surface area contributed by atoms with E-state index in [1.165, 1.54) is 12.1 Å². The van der Waals surface area contributed by atoms with Crippen LogP contribution in [0.5, 0.6) is 5.75 Å². The molecule has 0 amide bonds.